The van der Waals surface area contributed by atoms with E-state index in [0.29, 0.717) is 10.7 Å². The van der Waals surface area contributed by atoms with Gasteiger partial charge in [-0.25, -0.2) is 9.78 Å². The zero-order chi connectivity index (χ0) is 16.0. The SMILES string of the molecule is COC(=O)C(C)(C)CC(=O)O/N=C(\N)c1nc(CO)cs1. The number of carbonyl (C=O) groups is 2. The number of aromatic nitrogens is 1. The van der Waals surface area contributed by atoms with Crippen molar-refractivity contribution >= 4 is 29.1 Å². The number of hydrogen-bond acceptors (Lipinski definition) is 8. The second kappa shape index (κ2) is 7.14. The Labute approximate surface area is 125 Å². The summed E-state index contributed by atoms with van der Waals surface area (Å²) in [5.74, 6) is -1.32. The molecule has 0 aliphatic rings. The monoisotopic (exact) mass is 315 g/mol. The predicted octanol–water partition coefficient (Wildman–Crippen LogP) is 0.388. The summed E-state index contributed by atoms with van der Waals surface area (Å²) >= 11 is 1.16. The zero-order valence-corrected chi connectivity index (χ0v) is 12.8. The summed E-state index contributed by atoms with van der Waals surface area (Å²) < 4.78 is 4.59. The van der Waals surface area contributed by atoms with Crippen LogP contribution in [0.15, 0.2) is 10.5 Å². The second-order valence-corrected chi connectivity index (χ2v) is 5.65. The molecule has 8 nitrogen and oxygen atoms in total. The highest BCUT2D eigenvalue weighted by molar-refractivity contribution is 7.11. The molecule has 3 N–H and O–H groups in total. The van der Waals surface area contributed by atoms with Crippen molar-refractivity contribution in [3.8, 4) is 0 Å². The molecule has 1 aromatic rings. The first kappa shape index (κ1) is 17.1. The second-order valence-electron chi connectivity index (χ2n) is 4.79. The van der Waals surface area contributed by atoms with Gasteiger partial charge in [-0.05, 0) is 13.8 Å². The standard InChI is InChI=1S/C12H17N3O5S/c1-12(2,11(18)19-3)4-8(17)20-15-9(13)10-14-7(5-16)6-21-10/h6,16H,4-5H2,1-3H3,(H2,13,15). The molecule has 1 rings (SSSR count). The van der Waals surface area contributed by atoms with Crippen molar-refractivity contribution in [1.82, 2.24) is 4.98 Å². The number of aliphatic hydroxyl groups is 1. The summed E-state index contributed by atoms with van der Waals surface area (Å²) in [6, 6.07) is 0. The summed E-state index contributed by atoms with van der Waals surface area (Å²) in [7, 11) is 1.24. The molecule has 0 saturated heterocycles. The van der Waals surface area contributed by atoms with Gasteiger partial charge in [-0.2, -0.15) is 0 Å². The lowest BCUT2D eigenvalue weighted by atomic mass is 9.90. The van der Waals surface area contributed by atoms with E-state index in [-0.39, 0.29) is 18.9 Å². The first-order chi connectivity index (χ1) is 9.80. The van der Waals surface area contributed by atoms with Gasteiger partial charge in [0.25, 0.3) is 0 Å². The molecule has 0 aromatic carbocycles. The van der Waals surface area contributed by atoms with Gasteiger partial charge in [0.1, 0.15) is 0 Å². The Hall–Kier alpha value is -2.00. The fraction of sp³-hybridized carbons (Fsp3) is 0.500. The fourth-order valence-electron chi connectivity index (χ4n) is 1.38. The molecule has 21 heavy (non-hydrogen) atoms. The maximum atomic E-state index is 11.6. The summed E-state index contributed by atoms with van der Waals surface area (Å²) in [6.45, 7) is 2.90. The average molecular weight is 315 g/mol. The Morgan fingerprint density at radius 2 is 2.19 bits per heavy atom. The third-order valence-corrected chi connectivity index (χ3v) is 3.42. The smallest absolute Gasteiger partial charge is 0.336 e. The van der Waals surface area contributed by atoms with Crippen molar-refractivity contribution in [3.63, 3.8) is 0 Å². The van der Waals surface area contributed by atoms with Crippen LogP contribution in [-0.2, 0) is 25.8 Å². The van der Waals surface area contributed by atoms with E-state index in [0.717, 1.165) is 11.3 Å². The average Bonchev–Trinajstić information content (AvgIpc) is 2.92. The molecule has 0 saturated carbocycles. The third-order valence-electron chi connectivity index (χ3n) is 2.50. The molecule has 1 heterocycles. The van der Waals surface area contributed by atoms with Crippen LogP contribution in [0, 0.1) is 5.41 Å². The lowest BCUT2D eigenvalue weighted by Crippen LogP contribution is -2.29. The van der Waals surface area contributed by atoms with Crippen LogP contribution < -0.4 is 5.73 Å². The maximum Gasteiger partial charge on any atom is 0.336 e. The lowest BCUT2D eigenvalue weighted by Gasteiger charge is -2.18. The number of hydrogen-bond donors (Lipinski definition) is 2. The van der Waals surface area contributed by atoms with E-state index in [1.54, 1.807) is 19.2 Å². The molecule has 1 aromatic heterocycles. The van der Waals surface area contributed by atoms with Crippen LogP contribution in [0.4, 0.5) is 0 Å². The van der Waals surface area contributed by atoms with E-state index in [1.165, 1.54) is 7.11 Å². The van der Waals surface area contributed by atoms with Gasteiger partial charge in [-0.3, -0.25) is 4.79 Å². The number of oxime groups is 1. The first-order valence-electron chi connectivity index (χ1n) is 5.97. The van der Waals surface area contributed by atoms with Crippen LogP contribution in [-0.4, -0.2) is 35.0 Å². The molecule has 0 unspecified atom stereocenters. The van der Waals surface area contributed by atoms with Crippen molar-refractivity contribution in [2.24, 2.45) is 16.3 Å². The quantitative estimate of drug-likeness (QED) is 0.256. The zero-order valence-electron chi connectivity index (χ0n) is 12.0. The highest BCUT2D eigenvalue weighted by Crippen LogP contribution is 2.22. The van der Waals surface area contributed by atoms with E-state index in [1.807, 2.05) is 0 Å². The molecule has 9 heteroatoms. The molecule has 0 bridgehead atoms. The van der Waals surface area contributed by atoms with E-state index in [9.17, 15) is 9.59 Å². The number of aliphatic hydroxyl groups excluding tert-OH is 1. The number of rotatable bonds is 6. The molecular formula is C12H17N3O5S. The minimum atomic E-state index is -1.01. The Kier molecular flexibility index (Phi) is 5.79. The minimum Gasteiger partial charge on any atom is -0.469 e. The molecular weight excluding hydrogens is 298 g/mol. The van der Waals surface area contributed by atoms with Gasteiger partial charge in [0.05, 0.1) is 31.2 Å². The molecule has 0 aliphatic carbocycles. The number of nitrogens with two attached hydrogens (primary N) is 1. The van der Waals surface area contributed by atoms with Crippen molar-refractivity contribution < 1.29 is 24.3 Å². The van der Waals surface area contributed by atoms with Gasteiger partial charge in [-0.1, -0.05) is 5.16 Å². The molecule has 0 amide bonds. The van der Waals surface area contributed by atoms with Gasteiger partial charge in [0, 0.05) is 5.38 Å². The van der Waals surface area contributed by atoms with Gasteiger partial charge >= 0.3 is 11.9 Å². The Morgan fingerprint density at radius 1 is 1.52 bits per heavy atom. The van der Waals surface area contributed by atoms with Crippen LogP contribution in [0.2, 0.25) is 0 Å². The molecule has 0 atom stereocenters. The highest BCUT2D eigenvalue weighted by Gasteiger charge is 2.32. The highest BCUT2D eigenvalue weighted by atomic mass is 32.1. The number of thiazole rings is 1. The summed E-state index contributed by atoms with van der Waals surface area (Å²) in [6.07, 6.45) is -0.198. The molecule has 0 radical (unpaired) electrons. The van der Waals surface area contributed by atoms with E-state index in [2.05, 4.69) is 19.7 Å². The number of amidine groups is 1. The fourth-order valence-corrected chi connectivity index (χ4v) is 2.08. The van der Waals surface area contributed by atoms with Gasteiger partial charge in [-0.15, -0.1) is 11.3 Å². The maximum absolute atomic E-state index is 11.6. The van der Waals surface area contributed by atoms with E-state index in [4.69, 9.17) is 10.8 Å². The summed E-state index contributed by atoms with van der Waals surface area (Å²) in [5.41, 5.74) is 5.05. The van der Waals surface area contributed by atoms with Gasteiger partial charge in [0.15, 0.2) is 10.8 Å². The van der Waals surface area contributed by atoms with Crippen LogP contribution in [0.3, 0.4) is 0 Å². The van der Waals surface area contributed by atoms with Gasteiger partial charge in [0.2, 0.25) is 0 Å². The largest absolute Gasteiger partial charge is 0.469 e. The van der Waals surface area contributed by atoms with Crippen molar-refractivity contribution in [2.45, 2.75) is 26.9 Å². The van der Waals surface area contributed by atoms with Gasteiger partial charge < -0.3 is 20.4 Å². The Balaban J connectivity index is 2.63. The van der Waals surface area contributed by atoms with Crippen LogP contribution in [0.25, 0.3) is 0 Å². The number of carbonyl (C=O) groups excluding carboxylic acids is 2. The molecule has 0 spiro atoms. The number of methoxy groups -OCH3 is 1. The Bertz CT molecular complexity index is 553. The van der Waals surface area contributed by atoms with E-state index < -0.39 is 17.4 Å². The Morgan fingerprint density at radius 3 is 2.71 bits per heavy atom. The normalized spacial score (nSPS) is 12.1. The van der Waals surface area contributed by atoms with Crippen LogP contribution in [0.5, 0.6) is 0 Å². The topological polar surface area (TPSA) is 124 Å². The lowest BCUT2D eigenvalue weighted by molar-refractivity contribution is -0.158. The minimum absolute atomic E-state index is 0.0797. The van der Waals surface area contributed by atoms with Crippen molar-refractivity contribution in [3.05, 3.63) is 16.1 Å². The first-order valence-corrected chi connectivity index (χ1v) is 6.85. The van der Waals surface area contributed by atoms with E-state index >= 15 is 0 Å². The third kappa shape index (κ3) is 4.80. The molecule has 116 valence electrons. The number of ether oxygens (including phenoxy) is 1. The number of nitrogens with zero attached hydrogens (tertiary/aromatic N) is 2. The molecule has 0 aliphatic heterocycles. The van der Waals surface area contributed by atoms with Crippen LogP contribution in [0.1, 0.15) is 31.0 Å². The molecule has 0 fully saturated rings. The van der Waals surface area contributed by atoms with Crippen molar-refractivity contribution in [2.75, 3.05) is 7.11 Å². The predicted molar refractivity (Wildman–Crippen MR) is 75.3 cm³/mol. The van der Waals surface area contributed by atoms with Crippen molar-refractivity contribution in [1.29, 1.82) is 0 Å². The summed E-state index contributed by atoms with van der Waals surface area (Å²) in [4.78, 5) is 31.7. The summed E-state index contributed by atoms with van der Waals surface area (Å²) in [5, 5.41) is 14.3. The number of esters is 1. The van der Waals surface area contributed by atoms with Crippen LogP contribution >= 0.6 is 11.3 Å².